The minimum absolute atomic E-state index is 0.236. The maximum atomic E-state index is 12.8. The van der Waals surface area contributed by atoms with Gasteiger partial charge >= 0.3 is 0 Å². The third-order valence-corrected chi connectivity index (χ3v) is 4.03. The van der Waals surface area contributed by atoms with Gasteiger partial charge in [0.25, 0.3) is 17.4 Å². The lowest BCUT2D eigenvalue weighted by molar-refractivity contribution is -0.148. The molecule has 1 atom stereocenters. The first-order valence-electron chi connectivity index (χ1n) is 7.84. The number of pyridine rings is 1. The second kappa shape index (κ2) is 6.31. The largest absolute Gasteiger partial charge is 0.466 e. The van der Waals surface area contributed by atoms with Crippen LogP contribution in [-0.2, 0) is 16.1 Å². The van der Waals surface area contributed by atoms with Crippen molar-refractivity contribution < 1.29 is 14.3 Å². The van der Waals surface area contributed by atoms with E-state index in [2.05, 4.69) is 10.3 Å². The number of amides is 2. The van der Waals surface area contributed by atoms with Crippen LogP contribution in [0.25, 0.3) is 0 Å². The van der Waals surface area contributed by atoms with Crippen molar-refractivity contribution in [3.8, 4) is 5.75 Å². The van der Waals surface area contributed by atoms with Crippen molar-refractivity contribution in [3.63, 3.8) is 0 Å². The molecule has 3 rings (SSSR count). The molecule has 1 aromatic heterocycles. The van der Waals surface area contributed by atoms with Gasteiger partial charge in [-0.05, 0) is 38.1 Å². The summed E-state index contributed by atoms with van der Waals surface area (Å²) in [6.07, 6.45) is 1.65. The molecule has 1 aliphatic rings. The van der Waals surface area contributed by atoms with Crippen LogP contribution in [0.1, 0.15) is 19.5 Å². The lowest BCUT2D eigenvalue weighted by atomic mass is 10.00. The number of anilines is 1. The molecule has 1 unspecified atom stereocenters. The molecule has 1 N–H and O–H groups in total. The summed E-state index contributed by atoms with van der Waals surface area (Å²) in [6.45, 7) is 4.07. The average molecular weight is 325 g/mol. The van der Waals surface area contributed by atoms with E-state index in [0.717, 1.165) is 0 Å². The third-order valence-electron chi connectivity index (χ3n) is 4.03. The van der Waals surface area contributed by atoms with Gasteiger partial charge in [0, 0.05) is 12.7 Å². The molecule has 1 aliphatic heterocycles. The number of ether oxygens (including phenoxy) is 1. The van der Waals surface area contributed by atoms with Crippen LogP contribution >= 0.6 is 0 Å². The van der Waals surface area contributed by atoms with Crippen LogP contribution in [0, 0.1) is 0 Å². The van der Waals surface area contributed by atoms with E-state index in [1.807, 2.05) is 31.2 Å². The fourth-order valence-electron chi connectivity index (χ4n) is 2.70. The van der Waals surface area contributed by atoms with Gasteiger partial charge in [-0.1, -0.05) is 18.2 Å². The number of rotatable bonds is 4. The van der Waals surface area contributed by atoms with Gasteiger partial charge in [0.2, 0.25) is 0 Å². The van der Waals surface area contributed by atoms with E-state index >= 15 is 0 Å². The summed E-state index contributed by atoms with van der Waals surface area (Å²) in [4.78, 5) is 31.2. The first kappa shape index (κ1) is 16.0. The minimum atomic E-state index is -1.60. The summed E-state index contributed by atoms with van der Waals surface area (Å²) in [5.41, 5.74) is -0.204. The predicted molar refractivity (Wildman–Crippen MR) is 89.6 cm³/mol. The van der Waals surface area contributed by atoms with Gasteiger partial charge < -0.3 is 15.0 Å². The topological polar surface area (TPSA) is 71.5 Å². The number of hydrogen-bond donors (Lipinski definition) is 1. The zero-order valence-corrected chi connectivity index (χ0v) is 13.7. The summed E-state index contributed by atoms with van der Waals surface area (Å²) in [6, 6.07) is 12.7. The molecule has 124 valence electrons. The van der Waals surface area contributed by atoms with Crippen molar-refractivity contribution >= 4 is 17.5 Å². The number of aromatic nitrogens is 1. The summed E-state index contributed by atoms with van der Waals surface area (Å²) in [7, 11) is 0. The first-order valence-corrected chi connectivity index (χ1v) is 7.84. The quantitative estimate of drug-likeness (QED) is 0.872. The van der Waals surface area contributed by atoms with Crippen LogP contribution in [0.5, 0.6) is 5.75 Å². The lowest BCUT2D eigenvalue weighted by Crippen LogP contribution is -2.62. The molecule has 0 fully saturated rings. The van der Waals surface area contributed by atoms with Crippen LogP contribution in [0.3, 0.4) is 0 Å². The molecule has 0 spiro atoms. The summed E-state index contributed by atoms with van der Waals surface area (Å²) >= 11 is 0. The van der Waals surface area contributed by atoms with Crippen molar-refractivity contribution in [1.82, 2.24) is 10.3 Å². The molecule has 0 aliphatic carbocycles. The van der Waals surface area contributed by atoms with E-state index in [1.165, 1.54) is 6.92 Å². The Bertz CT molecular complexity index is 763. The fraction of sp³-hybridized carbons (Fsp3) is 0.278. The minimum Gasteiger partial charge on any atom is -0.466 e. The Labute approximate surface area is 140 Å². The standard InChI is InChI=1S/C18H19N3O3/c1-3-21-14-9-4-5-10-15(14)24-18(2,17(21)23)16(22)20-12-13-8-6-7-11-19-13/h4-11H,3,12H2,1-2H3,(H,20,22). The van der Waals surface area contributed by atoms with Gasteiger partial charge in [0.05, 0.1) is 17.9 Å². The number of carbonyl (C=O) groups excluding carboxylic acids is 2. The predicted octanol–water partition coefficient (Wildman–Crippen LogP) is 1.90. The highest BCUT2D eigenvalue weighted by Crippen LogP contribution is 2.37. The number of nitrogens with one attached hydrogen (secondary N) is 1. The summed E-state index contributed by atoms with van der Waals surface area (Å²) in [5.74, 6) is -0.331. The van der Waals surface area contributed by atoms with Crippen LogP contribution in [-0.4, -0.2) is 28.9 Å². The number of hydrogen-bond acceptors (Lipinski definition) is 4. The van der Waals surface area contributed by atoms with E-state index in [-0.39, 0.29) is 12.5 Å². The smallest absolute Gasteiger partial charge is 0.280 e. The molecule has 6 nitrogen and oxygen atoms in total. The Morgan fingerprint density at radius 3 is 2.71 bits per heavy atom. The van der Waals surface area contributed by atoms with Gasteiger partial charge in [0.15, 0.2) is 0 Å². The highest BCUT2D eigenvalue weighted by molar-refractivity contribution is 6.16. The Kier molecular flexibility index (Phi) is 4.20. The SMILES string of the molecule is CCN1C(=O)C(C)(C(=O)NCc2ccccn2)Oc2ccccc21. The van der Waals surface area contributed by atoms with Crippen molar-refractivity contribution in [1.29, 1.82) is 0 Å². The molecule has 1 aromatic carbocycles. The zero-order valence-electron chi connectivity index (χ0n) is 13.7. The molecular weight excluding hydrogens is 306 g/mol. The van der Waals surface area contributed by atoms with Crippen LogP contribution < -0.4 is 15.0 Å². The van der Waals surface area contributed by atoms with Gasteiger partial charge in [-0.2, -0.15) is 0 Å². The normalized spacial score (nSPS) is 19.4. The molecule has 2 heterocycles. The number of carbonyl (C=O) groups is 2. The highest BCUT2D eigenvalue weighted by Gasteiger charge is 2.50. The summed E-state index contributed by atoms with van der Waals surface area (Å²) in [5, 5.41) is 2.74. The van der Waals surface area contributed by atoms with Gasteiger partial charge in [-0.15, -0.1) is 0 Å². The summed E-state index contributed by atoms with van der Waals surface area (Å²) < 4.78 is 5.79. The van der Waals surface area contributed by atoms with Gasteiger partial charge in [0.1, 0.15) is 5.75 Å². The number of benzene rings is 1. The number of fused-ring (bicyclic) bond motifs is 1. The van der Waals surface area contributed by atoms with Gasteiger partial charge in [-0.3, -0.25) is 14.6 Å². The molecule has 2 aromatic rings. The van der Waals surface area contributed by atoms with Crippen LogP contribution in [0.2, 0.25) is 0 Å². The van der Waals surface area contributed by atoms with E-state index in [4.69, 9.17) is 4.74 Å². The Balaban J connectivity index is 1.83. The molecule has 24 heavy (non-hydrogen) atoms. The zero-order chi connectivity index (χ0) is 17.2. The maximum Gasteiger partial charge on any atom is 0.280 e. The van der Waals surface area contributed by atoms with Crippen LogP contribution in [0.4, 0.5) is 5.69 Å². The van der Waals surface area contributed by atoms with Crippen molar-refractivity contribution in [2.24, 2.45) is 0 Å². The van der Waals surface area contributed by atoms with Gasteiger partial charge in [-0.25, -0.2) is 0 Å². The first-order chi connectivity index (χ1) is 11.6. The lowest BCUT2D eigenvalue weighted by Gasteiger charge is -2.39. The molecule has 2 amide bonds. The van der Waals surface area contributed by atoms with E-state index in [1.54, 1.807) is 29.3 Å². The van der Waals surface area contributed by atoms with Crippen molar-refractivity contribution in [2.75, 3.05) is 11.4 Å². The van der Waals surface area contributed by atoms with Crippen molar-refractivity contribution in [2.45, 2.75) is 26.0 Å². The third kappa shape index (κ3) is 2.71. The van der Waals surface area contributed by atoms with Crippen molar-refractivity contribution in [3.05, 3.63) is 54.4 Å². The second-order valence-corrected chi connectivity index (χ2v) is 5.66. The molecule has 0 bridgehead atoms. The molecule has 0 radical (unpaired) electrons. The molecule has 0 saturated carbocycles. The Hall–Kier alpha value is -2.89. The Morgan fingerprint density at radius 1 is 1.25 bits per heavy atom. The fourth-order valence-corrected chi connectivity index (χ4v) is 2.70. The highest BCUT2D eigenvalue weighted by atomic mass is 16.5. The Morgan fingerprint density at radius 2 is 2.00 bits per heavy atom. The molecule has 6 heteroatoms. The van der Waals surface area contributed by atoms with E-state index in [9.17, 15) is 9.59 Å². The van der Waals surface area contributed by atoms with E-state index in [0.29, 0.717) is 23.7 Å². The second-order valence-electron chi connectivity index (χ2n) is 5.66. The number of nitrogens with zero attached hydrogens (tertiary/aromatic N) is 2. The molecule has 0 saturated heterocycles. The number of likely N-dealkylation sites (N-methyl/N-ethyl adjacent to an activating group) is 1. The van der Waals surface area contributed by atoms with E-state index < -0.39 is 11.5 Å². The monoisotopic (exact) mass is 325 g/mol. The number of para-hydroxylation sites is 2. The maximum absolute atomic E-state index is 12.8. The van der Waals surface area contributed by atoms with Crippen LogP contribution in [0.15, 0.2) is 48.7 Å². The average Bonchev–Trinajstić information content (AvgIpc) is 2.61. The molecular formula is C18H19N3O3.